The standard InChI is InChI=1S/C13H30P.BrH/c1-5-9-10-11-12-13-14(6-2,7-3)8-4;/h5-13H2,1-4H3;1H/q+1;/p-1. The molecule has 0 unspecified atom stereocenters. The highest BCUT2D eigenvalue weighted by molar-refractivity contribution is 7.75. The Morgan fingerprint density at radius 3 is 1.53 bits per heavy atom. The highest BCUT2D eigenvalue weighted by atomic mass is 79.9. The summed E-state index contributed by atoms with van der Waals surface area (Å²) in [6.45, 7) is 9.52. The molecule has 0 nitrogen and oxygen atoms in total. The lowest BCUT2D eigenvalue weighted by Crippen LogP contribution is -3.00. The van der Waals surface area contributed by atoms with E-state index >= 15 is 0 Å². The molecule has 0 bridgehead atoms. The third-order valence-corrected chi connectivity index (χ3v) is 9.04. The van der Waals surface area contributed by atoms with E-state index in [1.807, 2.05) is 0 Å². The molecule has 0 aliphatic heterocycles. The van der Waals surface area contributed by atoms with Crippen LogP contribution in [0.25, 0.3) is 0 Å². The Labute approximate surface area is 109 Å². The van der Waals surface area contributed by atoms with Crippen LogP contribution in [0.1, 0.15) is 59.8 Å². The van der Waals surface area contributed by atoms with Crippen LogP contribution in [0.15, 0.2) is 0 Å². The van der Waals surface area contributed by atoms with Crippen molar-refractivity contribution in [1.82, 2.24) is 0 Å². The Morgan fingerprint density at radius 2 is 1.13 bits per heavy atom. The summed E-state index contributed by atoms with van der Waals surface area (Å²) in [6.07, 6.45) is 13.3. The summed E-state index contributed by atoms with van der Waals surface area (Å²) in [5.41, 5.74) is 0. The molecule has 0 fully saturated rings. The maximum atomic E-state index is 2.41. The predicted molar refractivity (Wildman–Crippen MR) is 72.2 cm³/mol. The van der Waals surface area contributed by atoms with Crippen LogP contribution in [0.4, 0.5) is 0 Å². The minimum atomic E-state index is -0.488. The molecular weight excluding hydrogens is 267 g/mol. The van der Waals surface area contributed by atoms with Gasteiger partial charge in [0, 0.05) is 7.26 Å². The van der Waals surface area contributed by atoms with Gasteiger partial charge in [-0.2, -0.15) is 0 Å². The number of hydrogen-bond acceptors (Lipinski definition) is 0. The molecule has 0 heterocycles. The number of halogens is 1. The van der Waals surface area contributed by atoms with Crippen LogP contribution in [0.5, 0.6) is 0 Å². The van der Waals surface area contributed by atoms with E-state index in [2.05, 4.69) is 27.7 Å². The van der Waals surface area contributed by atoms with E-state index in [1.165, 1.54) is 50.6 Å². The lowest BCUT2D eigenvalue weighted by Gasteiger charge is -2.23. The minimum Gasteiger partial charge on any atom is -1.00 e. The van der Waals surface area contributed by atoms with Crippen molar-refractivity contribution in [2.45, 2.75) is 59.8 Å². The molecule has 0 aromatic heterocycles. The summed E-state index contributed by atoms with van der Waals surface area (Å²) in [5, 5.41) is 0. The van der Waals surface area contributed by atoms with Gasteiger partial charge in [-0.05, 0) is 33.6 Å². The Kier molecular flexibility index (Phi) is 13.9. The topological polar surface area (TPSA) is 0 Å². The second-order valence-corrected chi connectivity index (χ2v) is 9.46. The fraction of sp³-hybridized carbons (Fsp3) is 1.00. The molecule has 0 radical (unpaired) electrons. The zero-order chi connectivity index (χ0) is 10.9. The first kappa shape index (κ1) is 18.3. The van der Waals surface area contributed by atoms with Crippen molar-refractivity contribution in [1.29, 1.82) is 0 Å². The predicted octanol–water partition coefficient (Wildman–Crippen LogP) is 2.04. The third kappa shape index (κ3) is 7.75. The summed E-state index contributed by atoms with van der Waals surface area (Å²) in [7, 11) is -0.488. The number of hydrogen-bond donors (Lipinski definition) is 0. The Bertz CT molecular complexity index is 113. The van der Waals surface area contributed by atoms with E-state index in [0.717, 1.165) is 0 Å². The molecule has 0 spiro atoms. The second kappa shape index (κ2) is 11.4. The van der Waals surface area contributed by atoms with Gasteiger partial charge in [0.2, 0.25) is 0 Å². The van der Waals surface area contributed by atoms with Crippen LogP contribution >= 0.6 is 7.26 Å². The van der Waals surface area contributed by atoms with Crippen LogP contribution < -0.4 is 17.0 Å². The summed E-state index contributed by atoms with van der Waals surface area (Å²) in [5.74, 6) is 0. The molecule has 0 atom stereocenters. The molecule has 0 aromatic rings. The first-order valence-electron chi connectivity index (χ1n) is 6.59. The average Bonchev–Trinajstić information content (AvgIpc) is 2.24. The molecule has 0 rings (SSSR count). The van der Waals surface area contributed by atoms with Crippen LogP contribution in [-0.2, 0) is 0 Å². The molecule has 0 aliphatic rings. The van der Waals surface area contributed by atoms with Gasteiger partial charge >= 0.3 is 0 Å². The maximum Gasteiger partial charge on any atom is 0.0594 e. The van der Waals surface area contributed by atoms with Crippen LogP contribution in [-0.4, -0.2) is 24.6 Å². The molecule has 0 N–H and O–H groups in total. The smallest absolute Gasteiger partial charge is 0.0594 e. The summed E-state index contributed by atoms with van der Waals surface area (Å²) in [6, 6.07) is 0. The summed E-state index contributed by atoms with van der Waals surface area (Å²) < 4.78 is 0. The van der Waals surface area contributed by atoms with Crippen LogP contribution in [0.3, 0.4) is 0 Å². The highest BCUT2D eigenvalue weighted by Crippen LogP contribution is 2.58. The first-order valence-corrected chi connectivity index (χ1v) is 9.12. The molecule has 0 aromatic carbocycles. The van der Waals surface area contributed by atoms with Crippen molar-refractivity contribution >= 4 is 7.26 Å². The zero-order valence-electron chi connectivity index (χ0n) is 11.2. The van der Waals surface area contributed by atoms with Gasteiger partial charge in [-0.3, -0.25) is 0 Å². The van der Waals surface area contributed by atoms with E-state index in [4.69, 9.17) is 0 Å². The minimum absolute atomic E-state index is 0. The lowest BCUT2D eigenvalue weighted by molar-refractivity contribution is -0.00000333. The fourth-order valence-electron chi connectivity index (χ4n) is 2.20. The van der Waals surface area contributed by atoms with Crippen molar-refractivity contribution in [3.8, 4) is 0 Å². The average molecular weight is 297 g/mol. The van der Waals surface area contributed by atoms with Gasteiger partial charge in [0.05, 0.1) is 24.6 Å². The largest absolute Gasteiger partial charge is 1.00 e. The molecule has 94 valence electrons. The van der Waals surface area contributed by atoms with Gasteiger partial charge in [0.1, 0.15) is 0 Å². The summed E-state index contributed by atoms with van der Waals surface area (Å²) >= 11 is 0. The van der Waals surface area contributed by atoms with E-state index < -0.39 is 7.26 Å². The molecule has 0 saturated heterocycles. The van der Waals surface area contributed by atoms with Crippen molar-refractivity contribution in [2.75, 3.05) is 24.6 Å². The Balaban J connectivity index is 0. The molecule has 0 aliphatic carbocycles. The van der Waals surface area contributed by atoms with E-state index in [1.54, 1.807) is 6.16 Å². The van der Waals surface area contributed by atoms with E-state index in [-0.39, 0.29) is 17.0 Å². The third-order valence-electron chi connectivity index (χ3n) is 3.75. The highest BCUT2D eigenvalue weighted by Gasteiger charge is 2.29. The molecule has 0 amide bonds. The van der Waals surface area contributed by atoms with Crippen molar-refractivity contribution in [3.63, 3.8) is 0 Å². The summed E-state index contributed by atoms with van der Waals surface area (Å²) in [4.78, 5) is 0. The first-order chi connectivity index (χ1) is 6.74. The Morgan fingerprint density at radius 1 is 0.667 bits per heavy atom. The monoisotopic (exact) mass is 296 g/mol. The van der Waals surface area contributed by atoms with E-state index in [9.17, 15) is 0 Å². The van der Waals surface area contributed by atoms with Gasteiger partial charge in [-0.15, -0.1) is 0 Å². The van der Waals surface area contributed by atoms with Gasteiger partial charge in [0.15, 0.2) is 0 Å². The SMILES string of the molecule is CCCCCCC[P+](CC)(CC)CC.[Br-]. The number of rotatable bonds is 9. The maximum absolute atomic E-state index is 2.41. The Hall–Kier alpha value is 0.910. The van der Waals surface area contributed by atoms with Gasteiger partial charge < -0.3 is 17.0 Å². The van der Waals surface area contributed by atoms with Crippen LogP contribution in [0, 0.1) is 0 Å². The van der Waals surface area contributed by atoms with Crippen LogP contribution in [0.2, 0.25) is 0 Å². The van der Waals surface area contributed by atoms with Crippen molar-refractivity contribution < 1.29 is 17.0 Å². The van der Waals surface area contributed by atoms with E-state index in [0.29, 0.717) is 0 Å². The van der Waals surface area contributed by atoms with Gasteiger partial charge in [0.25, 0.3) is 0 Å². The fourth-order valence-corrected chi connectivity index (χ4v) is 5.38. The zero-order valence-corrected chi connectivity index (χ0v) is 13.7. The normalized spacial score (nSPS) is 11.2. The molecule has 0 saturated carbocycles. The van der Waals surface area contributed by atoms with Crippen molar-refractivity contribution in [2.24, 2.45) is 0 Å². The van der Waals surface area contributed by atoms with Gasteiger partial charge in [-0.1, -0.05) is 26.2 Å². The molecule has 2 heteroatoms. The molecular formula is C13H30BrP. The lowest BCUT2D eigenvalue weighted by atomic mass is 10.2. The molecule has 15 heavy (non-hydrogen) atoms. The second-order valence-electron chi connectivity index (χ2n) is 4.43. The quantitative estimate of drug-likeness (QED) is 0.451. The number of unbranched alkanes of at least 4 members (excludes halogenated alkanes) is 4. The van der Waals surface area contributed by atoms with Crippen molar-refractivity contribution in [3.05, 3.63) is 0 Å². The van der Waals surface area contributed by atoms with Gasteiger partial charge in [-0.25, -0.2) is 0 Å².